The summed E-state index contributed by atoms with van der Waals surface area (Å²) in [6.07, 6.45) is 16.3. The first-order valence-corrected chi connectivity index (χ1v) is 12.8. The largest absolute Gasteiger partial charge is 0.497 e. The molecule has 2 aromatic rings. The van der Waals surface area contributed by atoms with Gasteiger partial charge >= 0.3 is 0 Å². The van der Waals surface area contributed by atoms with Crippen LogP contribution in [0.3, 0.4) is 0 Å². The number of methoxy groups -OCH3 is 1. The number of hydrogen-bond acceptors (Lipinski definition) is 4. The van der Waals surface area contributed by atoms with E-state index in [0.29, 0.717) is 0 Å². The van der Waals surface area contributed by atoms with E-state index in [-0.39, 0.29) is 12.1 Å². The van der Waals surface area contributed by atoms with Gasteiger partial charge in [-0.15, -0.1) is 0 Å². The Kier molecular flexibility index (Phi) is 11.4. The molecule has 0 fully saturated rings. The number of rotatable bonds is 10. The SMILES string of the molecule is C1=CCOC=C1.CCCCCCCC1CC(NCc2ccc(Cl)cc2)c2ccc(OC)cc2O1. The fourth-order valence-electron chi connectivity index (χ4n) is 4.18. The van der Waals surface area contributed by atoms with Crippen LogP contribution in [0.5, 0.6) is 11.5 Å². The van der Waals surface area contributed by atoms with E-state index in [9.17, 15) is 0 Å². The lowest BCUT2D eigenvalue weighted by Gasteiger charge is -2.33. The van der Waals surface area contributed by atoms with Gasteiger partial charge in [-0.1, -0.05) is 68.5 Å². The molecule has 2 heterocycles. The molecule has 0 aliphatic carbocycles. The normalized spacial score (nSPS) is 18.2. The van der Waals surface area contributed by atoms with Gasteiger partial charge in [-0.25, -0.2) is 0 Å². The highest BCUT2D eigenvalue weighted by atomic mass is 35.5. The Labute approximate surface area is 210 Å². The minimum absolute atomic E-state index is 0.254. The van der Waals surface area contributed by atoms with E-state index >= 15 is 0 Å². The van der Waals surface area contributed by atoms with Crippen LogP contribution in [0.4, 0.5) is 0 Å². The molecule has 2 atom stereocenters. The maximum absolute atomic E-state index is 6.34. The fraction of sp³-hybridized carbons (Fsp3) is 0.448. The van der Waals surface area contributed by atoms with Crippen molar-refractivity contribution in [2.24, 2.45) is 0 Å². The van der Waals surface area contributed by atoms with Crippen LogP contribution in [0.2, 0.25) is 5.02 Å². The Hall–Kier alpha value is -2.43. The zero-order valence-electron chi connectivity index (χ0n) is 20.5. The van der Waals surface area contributed by atoms with Crippen LogP contribution >= 0.6 is 11.6 Å². The Morgan fingerprint density at radius 3 is 2.50 bits per heavy atom. The zero-order chi connectivity index (χ0) is 24.0. The average molecular weight is 484 g/mol. The van der Waals surface area contributed by atoms with E-state index in [0.717, 1.165) is 42.5 Å². The lowest BCUT2D eigenvalue weighted by atomic mass is 9.93. The monoisotopic (exact) mass is 483 g/mol. The first-order chi connectivity index (χ1) is 16.7. The molecule has 0 spiro atoms. The highest BCUT2D eigenvalue weighted by Crippen LogP contribution is 2.38. The molecule has 0 bridgehead atoms. The van der Waals surface area contributed by atoms with Crippen LogP contribution in [0.15, 0.2) is 67.0 Å². The van der Waals surface area contributed by atoms with Crippen molar-refractivity contribution in [3.63, 3.8) is 0 Å². The van der Waals surface area contributed by atoms with Crippen LogP contribution in [-0.2, 0) is 11.3 Å². The van der Waals surface area contributed by atoms with Crippen molar-refractivity contribution in [1.29, 1.82) is 0 Å². The van der Waals surface area contributed by atoms with E-state index in [1.54, 1.807) is 13.4 Å². The fourth-order valence-corrected chi connectivity index (χ4v) is 4.31. The number of benzene rings is 2. The van der Waals surface area contributed by atoms with Gasteiger partial charge in [-0.05, 0) is 48.8 Å². The van der Waals surface area contributed by atoms with Crippen LogP contribution in [0.25, 0.3) is 0 Å². The minimum Gasteiger partial charge on any atom is -0.497 e. The lowest BCUT2D eigenvalue weighted by Crippen LogP contribution is -2.32. The summed E-state index contributed by atoms with van der Waals surface area (Å²) in [6, 6.07) is 14.5. The van der Waals surface area contributed by atoms with Crippen LogP contribution in [0.1, 0.15) is 69.0 Å². The molecular formula is C29H38ClNO3. The molecule has 4 rings (SSSR count). The van der Waals surface area contributed by atoms with Crippen molar-refractivity contribution in [1.82, 2.24) is 5.32 Å². The number of hydrogen-bond donors (Lipinski definition) is 1. The molecule has 2 aromatic carbocycles. The second-order valence-corrected chi connectivity index (χ2v) is 9.17. The molecule has 0 saturated carbocycles. The number of ether oxygens (including phenoxy) is 3. The Morgan fingerprint density at radius 1 is 1.03 bits per heavy atom. The third-order valence-corrected chi connectivity index (χ3v) is 6.35. The minimum atomic E-state index is 0.254. The molecule has 1 N–H and O–H groups in total. The summed E-state index contributed by atoms with van der Waals surface area (Å²) < 4.78 is 16.5. The van der Waals surface area contributed by atoms with Gasteiger partial charge in [0.1, 0.15) is 24.2 Å². The molecule has 34 heavy (non-hydrogen) atoms. The summed E-state index contributed by atoms with van der Waals surface area (Å²) in [5.41, 5.74) is 2.46. The van der Waals surface area contributed by atoms with Gasteiger partial charge in [0, 0.05) is 35.7 Å². The molecule has 0 saturated heterocycles. The summed E-state index contributed by atoms with van der Waals surface area (Å²) in [7, 11) is 1.70. The van der Waals surface area contributed by atoms with Gasteiger partial charge in [-0.2, -0.15) is 0 Å². The lowest BCUT2D eigenvalue weighted by molar-refractivity contribution is 0.137. The van der Waals surface area contributed by atoms with Gasteiger partial charge in [0.2, 0.25) is 0 Å². The van der Waals surface area contributed by atoms with Gasteiger partial charge in [0.15, 0.2) is 0 Å². The molecule has 5 heteroatoms. The molecule has 0 amide bonds. The number of nitrogens with one attached hydrogen (secondary N) is 1. The Morgan fingerprint density at radius 2 is 1.85 bits per heavy atom. The van der Waals surface area contributed by atoms with Gasteiger partial charge in [0.05, 0.1) is 13.4 Å². The van der Waals surface area contributed by atoms with Crippen molar-refractivity contribution in [3.8, 4) is 11.5 Å². The molecule has 2 aliphatic rings. The molecule has 0 aromatic heterocycles. The van der Waals surface area contributed by atoms with Gasteiger partial charge in [-0.3, -0.25) is 0 Å². The number of halogens is 1. The standard InChI is InChI=1S/C24H32ClNO2.C5H6O/c1-3-4-5-6-7-8-21-15-23(26-17-18-9-11-19(25)12-10-18)22-14-13-20(27-2)16-24(22)28-21;1-2-4-6-5-3-1/h9-14,16,21,23,26H,3-8,15,17H2,1-2H3;1-4H,5H2. The van der Waals surface area contributed by atoms with E-state index in [1.165, 1.54) is 43.2 Å². The number of unbranched alkanes of at least 4 members (excludes halogenated alkanes) is 4. The molecule has 0 radical (unpaired) electrons. The molecular weight excluding hydrogens is 446 g/mol. The Bertz CT molecular complexity index is 898. The topological polar surface area (TPSA) is 39.7 Å². The molecule has 2 aliphatic heterocycles. The van der Waals surface area contributed by atoms with Gasteiger partial charge < -0.3 is 19.5 Å². The predicted molar refractivity (Wildman–Crippen MR) is 141 cm³/mol. The highest BCUT2D eigenvalue weighted by molar-refractivity contribution is 6.30. The van der Waals surface area contributed by atoms with Gasteiger partial charge in [0.25, 0.3) is 0 Å². The first-order valence-electron chi connectivity index (χ1n) is 12.4. The second kappa shape index (κ2) is 14.7. The predicted octanol–water partition coefficient (Wildman–Crippen LogP) is 7.78. The van der Waals surface area contributed by atoms with Crippen LogP contribution in [0, 0.1) is 0 Å². The van der Waals surface area contributed by atoms with Crippen LogP contribution in [-0.4, -0.2) is 19.8 Å². The maximum atomic E-state index is 6.34. The summed E-state index contributed by atoms with van der Waals surface area (Å²) in [4.78, 5) is 0. The third-order valence-electron chi connectivity index (χ3n) is 6.10. The molecule has 184 valence electrons. The summed E-state index contributed by atoms with van der Waals surface area (Å²) >= 11 is 6.01. The quantitative estimate of drug-likeness (QED) is 0.350. The van der Waals surface area contributed by atoms with Crippen molar-refractivity contribution in [2.75, 3.05) is 13.7 Å². The van der Waals surface area contributed by atoms with Crippen molar-refractivity contribution >= 4 is 11.6 Å². The zero-order valence-corrected chi connectivity index (χ0v) is 21.2. The van der Waals surface area contributed by atoms with E-state index in [2.05, 4.69) is 30.4 Å². The number of allylic oxidation sites excluding steroid dienone is 2. The van der Waals surface area contributed by atoms with Crippen molar-refractivity contribution in [2.45, 2.75) is 70.6 Å². The first kappa shape index (κ1) is 26.2. The summed E-state index contributed by atoms with van der Waals surface area (Å²) in [5, 5.41) is 4.50. The second-order valence-electron chi connectivity index (χ2n) is 8.73. The van der Waals surface area contributed by atoms with Crippen LogP contribution < -0.4 is 14.8 Å². The highest BCUT2D eigenvalue weighted by Gasteiger charge is 2.28. The van der Waals surface area contributed by atoms with Crippen molar-refractivity contribution in [3.05, 3.63) is 83.1 Å². The van der Waals surface area contributed by atoms with E-state index in [1.807, 2.05) is 42.5 Å². The molecule has 2 unspecified atom stereocenters. The Balaban J connectivity index is 0.000000469. The van der Waals surface area contributed by atoms with E-state index in [4.69, 9.17) is 25.8 Å². The smallest absolute Gasteiger partial charge is 0.128 e. The maximum Gasteiger partial charge on any atom is 0.128 e. The third kappa shape index (κ3) is 8.73. The van der Waals surface area contributed by atoms with Crippen molar-refractivity contribution < 1.29 is 14.2 Å². The average Bonchev–Trinajstić information content (AvgIpc) is 2.89. The van der Waals surface area contributed by atoms with E-state index < -0.39 is 0 Å². The summed E-state index contributed by atoms with van der Waals surface area (Å²) in [6.45, 7) is 3.80. The molecule has 4 nitrogen and oxygen atoms in total. The summed E-state index contributed by atoms with van der Waals surface area (Å²) in [5.74, 6) is 1.80. The number of fused-ring (bicyclic) bond motifs is 1.